The molecule has 2 aromatic carbocycles. The van der Waals surface area contributed by atoms with E-state index in [1.165, 1.54) is 30.7 Å². The molecule has 0 saturated carbocycles. The highest BCUT2D eigenvalue weighted by molar-refractivity contribution is 7.98. The van der Waals surface area contributed by atoms with Crippen LogP contribution in [0, 0.1) is 17.8 Å². The van der Waals surface area contributed by atoms with Gasteiger partial charge < -0.3 is 110 Å². The minimum Gasteiger partial charge on any atom is -0.508 e. The topological polar surface area (TPSA) is 505 Å². The highest BCUT2D eigenvalue weighted by Crippen LogP contribution is 2.27. The lowest BCUT2D eigenvalue weighted by molar-refractivity contribution is -0.146. The largest absolute Gasteiger partial charge is 0.508 e. The Labute approximate surface area is 651 Å². The molecule has 33 heteroatoms. The summed E-state index contributed by atoms with van der Waals surface area (Å²) in [5.41, 5.74) is 12.0. The predicted octanol–water partition coefficient (Wildman–Crippen LogP) is -0.173. The molecular formula is C77H127N13O19S. The molecule has 110 heavy (non-hydrogen) atoms. The van der Waals surface area contributed by atoms with Gasteiger partial charge in [0.15, 0.2) is 0 Å². The van der Waals surface area contributed by atoms with Crippen molar-refractivity contribution in [1.82, 2.24) is 57.7 Å². The second-order valence-corrected chi connectivity index (χ2v) is 30.7. The van der Waals surface area contributed by atoms with Gasteiger partial charge in [-0.05, 0) is 118 Å². The highest BCUT2D eigenvalue weighted by Gasteiger charge is 2.47. The third-order valence-corrected chi connectivity index (χ3v) is 20.5. The van der Waals surface area contributed by atoms with Gasteiger partial charge in [-0.15, -0.1) is 0 Å². The maximum atomic E-state index is 14.7. The Morgan fingerprint density at radius 1 is 0.618 bits per heavy atom. The smallest absolute Gasteiger partial charge is 0.248 e. The van der Waals surface area contributed by atoms with E-state index in [0.717, 1.165) is 66.6 Å². The number of aromatic hydroxyl groups is 1. The Morgan fingerprint density at radius 2 is 1.25 bits per heavy atom. The van der Waals surface area contributed by atoms with Gasteiger partial charge in [0.1, 0.15) is 66.3 Å². The molecule has 32 nitrogen and oxygen atoms in total. The van der Waals surface area contributed by atoms with Gasteiger partial charge in [0.25, 0.3) is 0 Å². The molecule has 2 saturated heterocycles. The summed E-state index contributed by atoms with van der Waals surface area (Å²) in [6.45, 7) is 12.7. The number of rotatable bonds is 53. The van der Waals surface area contributed by atoms with E-state index in [0.29, 0.717) is 44.1 Å². The van der Waals surface area contributed by atoms with E-state index >= 15 is 0 Å². The summed E-state index contributed by atoms with van der Waals surface area (Å²) in [4.78, 5) is 155. The maximum Gasteiger partial charge on any atom is 0.248 e. The molecule has 11 amide bonds. The summed E-state index contributed by atoms with van der Waals surface area (Å²) in [5.74, 6) is -7.23. The van der Waals surface area contributed by atoms with Crippen molar-refractivity contribution in [3.8, 4) is 5.75 Å². The molecule has 17 unspecified atom stereocenters. The molecule has 2 aromatic rings. The Morgan fingerprint density at radius 3 is 1.89 bits per heavy atom. The number of aliphatic hydroxyl groups is 6. The fourth-order valence-corrected chi connectivity index (χ4v) is 14.0. The van der Waals surface area contributed by atoms with Crippen LogP contribution in [0.5, 0.6) is 5.75 Å². The zero-order valence-corrected chi connectivity index (χ0v) is 66.2. The Balaban J connectivity index is 1.47. The number of nitrogens with one attached hydrogen (secondary N) is 9. The van der Waals surface area contributed by atoms with Gasteiger partial charge in [0.2, 0.25) is 65.0 Å². The van der Waals surface area contributed by atoms with Crippen LogP contribution < -0.4 is 59.3 Å². The van der Waals surface area contributed by atoms with E-state index in [2.05, 4.69) is 68.6 Å². The number of aliphatic hydroxyl groups excluding tert-OH is 6. The molecule has 620 valence electrons. The average Bonchev–Trinajstić information content (AvgIpc) is 1.61. The van der Waals surface area contributed by atoms with Gasteiger partial charge in [-0.3, -0.25) is 52.7 Å². The van der Waals surface area contributed by atoms with Crippen molar-refractivity contribution in [2.75, 3.05) is 64.5 Å². The molecule has 20 N–H and O–H groups in total. The van der Waals surface area contributed by atoms with Gasteiger partial charge in [-0.25, -0.2) is 0 Å². The van der Waals surface area contributed by atoms with Crippen molar-refractivity contribution in [2.45, 2.75) is 261 Å². The van der Waals surface area contributed by atoms with Crippen LogP contribution in [0.25, 0.3) is 0 Å². The van der Waals surface area contributed by atoms with Crippen molar-refractivity contribution in [3.63, 3.8) is 0 Å². The minimum atomic E-state index is -2.25. The van der Waals surface area contributed by atoms with Crippen molar-refractivity contribution in [3.05, 3.63) is 65.7 Å². The maximum absolute atomic E-state index is 14.7. The lowest BCUT2D eigenvalue weighted by atomic mass is 9.91. The minimum absolute atomic E-state index is 0.0105. The van der Waals surface area contributed by atoms with Crippen LogP contribution >= 0.6 is 11.8 Å². The fourth-order valence-electron chi connectivity index (χ4n) is 13.5. The number of unbranched alkanes of at least 4 members (excludes halogenated alkanes) is 5. The molecule has 0 spiro atoms. The van der Waals surface area contributed by atoms with Crippen molar-refractivity contribution in [2.24, 2.45) is 29.2 Å². The molecule has 0 aliphatic carbocycles. The Kier molecular flexibility index (Phi) is 43.4. The lowest BCUT2D eigenvalue weighted by Gasteiger charge is -2.33. The summed E-state index contributed by atoms with van der Waals surface area (Å²) in [6, 6.07) is 0.938. The van der Waals surface area contributed by atoms with E-state index in [-0.39, 0.29) is 94.4 Å². The van der Waals surface area contributed by atoms with Gasteiger partial charge >= 0.3 is 0 Å². The molecule has 2 heterocycles. The highest BCUT2D eigenvalue weighted by atomic mass is 32.2. The van der Waals surface area contributed by atoms with Crippen molar-refractivity contribution in [1.29, 1.82) is 0 Å². The summed E-state index contributed by atoms with van der Waals surface area (Å²) in [7, 11) is 0. The van der Waals surface area contributed by atoms with Crippen molar-refractivity contribution < 1.29 is 93.2 Å². The van der Waals surface area contributed by atoms with E-state index in [4.69, 9.17) is 16.2 Å². The molecule has 2 aliphatic heterocycles. The third-order valence-electron chi connectivity index (χ3n) is 19.8. The first kappa shape index (κ1) is 94.8. The van der Waals surface area contributed by atoms with Crippen LogP contribution in [-0.4, -0.2) is 260 Å². The summed E-state index contributed by atoms with van der Waals surface area (Å²) < 4.78 is 5.69. The number of hydrogen-bond acceptors (Lipinski definition) is 22. The van der Waals surface area contributed by atoms with E-state index < -0.39 is 176 Å². The summed E-state index contributed by atoms with van der Waals surface area (Å²) in [5, 5.41) is 102. The zero-order chi connectivity index (χ0) is 81.6. The number of carbonyl (C=O) groups is 11. The predicted molar refractivity (Wildman–Crippen MR) is 414 cm³/mol. The number of nitrogens with two attached hydrogens (primary N) is 2. The molecular weight excluding hydrogens is 1440 g/mol. The normalized spacial score (nSPS) is 19.2. The molecule has 0 aromatic heterocycles. The first-order chi connectivity index (χ1) is 52.3. The number of phenols is 1. The summed E-state index contributed by atoms with van der Waals surface area (Å²) in [6.07, 6.45) is 0.00449. The van der Waals surface area contributed by atoms with Gasteiger partial charge in [0, 0.05) is 58.3 Å². The number of phenolic OH excluding ortho intramolecular Hbond substituents is 1. The first-order valence-corrected chi connectivity index (χ1v) is 40.4. The fraction of sp³-hybridized carbons (Fsp3) is 0.701. The van der Waals surface area contributed by atoms with Crippen LogP contribution in [0.1, 0.15) is 181 Å². The van der Waals surface area contributed by atoms with Crippen LogP contribution in [0.2, 0.25) is 0 Å². The number of primary amides is 1. The second-order valence-electron chi connectivity index (χ2n) is 29.7. The molecule has 0 radical (unpaired) electrons. The van der Waals surface area contributed by atoms with Gasteiger partial charge in [-0.2, -0.15) is 11.8 Å². The quantitative estimate of drug-likeness (QED) is 0.0382. The number of ether oxygens (including phenoxy) is 1. The monoisotopic (exact) mass is 1570 g/mol. The third kappa shape index (κ3) is 33.0. The van der Waals surface area contributed by atoms with E-state index in [1.807, 2.05) is 45.2 Å². The number of benzene rings is 2. The van der Waals surface area contributed by atoms with Gasteiger partial charge in [-0.1, -0.05) is 129 Å². The Bertz CT molecular complexity index is 3180. The van der Waals surface area contributed by atoms with Crippen molar-refractivity contribution >= 4 is 76.7 Å². The van der Waals surface area contributed by atoms with Crippen LogP contribution in [0.15, 0.2) is 54.6 Å². The number of β-amino-alcohol motifs (C(OH)–C–C–N with tert-alkyl or cyclic N) is 1. The molecule has 2 fully saturated rings. The molecule has 2 aliphatic rings. The van der Waals surface area contributed by atoms with Crippen LogP contribution in [0.4, 0.5) is 0 Å². The second kappa shape index (κ2) is 50.4. The van der Waals surface area contributed by atoms with Crippen LogP contribution in [-0.2, 0) is 63.9 Å². The lowest BCUT2D eigenvalue weighted by Crippen LogP contribution is -2.63. The zero-order valence-electron chi connectivity index (χ0n) is 65.4. The number of hydrogen-bond donors (Lipinski definition) is 18. The van der Waals surface area contributed by atoms with Crippen LogP contribution in [0.3, 0.4) is 0 Å². The van der Waals surface area contributed by atoms with Gasteiger partial charge in [0.05, 0.1) is 43.7 Å². The molecule has 17 atom stereocenters. The van der Waals surface area contributed by atoms with E-state index in [1.54, 1.807) is 23.9 Å². The number of likely N-dealkylation sites (N-methyl/N-ethyl adjacent to an activating group) is 1. The average molecular weight is 1570 g/mol. The standard InChI is InChI=1S/C77H127N13O19S/c1-9-47(5)40-48(6)21-16-13-11-12-14-19-25-63(97)83-59(42-54(94)45-109-37-35-81-62(96)30-34-82-70(101)58(41-50-22-17-15-18-23-50)86-72(103)57(39-46(3)4)85-71(102)55(80-10-2)32-38-110-8)73(104)87-64(49(7)91)77(108)90-44-53(93)43-60(90)74(105)88-65(68(99)67(98)51-26-28-52(92)29-27-51)75(106)84-56(24-20-33-78)76(107)89-36-31-61(95)66(89)69(79)100/h15,17-18,22-23,26-29,46-49,53-61,64-68,80,91-95,98-99H,9-14,16,19-21,24-25,30-45,78H2,1-8H3,(H2,79,100)(H,81,96)(H,82,101)(H,83,97)(H,84,106)(H,85,102)(H,86,103)(H,87,104)(H,88,105). The molecule has 4 rings (SSSR count). The Hall–Kier alpha value is -7.60. The number of thioether (sulfide) groups is 1. The first-order valence-electron chi connectivity index (χ1n) is 39.0. The SMILES string of the molecule is CCNC(CCSC)C(=O)NC(CC(C)C)C(=O)NC(Cc1ccccc1)C(=O)NCCC(=O)NCCOCC(O)CC(NC(=O)CCCCCCCCC(C)CC(C)CC)C(=O)NC(C(=O)N1CC(O)CC1C(=O)NC(C(=O)NC(CCCN)C(=O)N1CCC(O)C1C(N)=O)C(O)C(O)c1ccc(O)cc1)C(C)O. The number of amides is 11. The van der Waals surface area contributed by atoms with E-state index in [9.17, 15) is 88.5 Å². The number of likely N-dealkylation sites (tertiary alicyclic amines) is 2. The molecule has 0 bridgehead atoms. The number of carbonyl (C=O) groups excluding carboxylic acids is 11. The summed E-state index contributed by atoms with van der Waals surface area (Å²) >= 11 is 1.60. The number of nitrogens with zero attached hydrogens (tertiary/aromatic N) is 2.